The molecule has 20 heavy (non-hydrogen) atoms. The molecule has 108 valence electrons. The van der Waals surface area contributed by atoms with Crippen LogP contribution in [-0.4, -0.2) is 31.0 Å². The number of cyclic esters (lactones) is 1. The summed E-state index contributed by atoms with van der Waals surface area (Å²) in [6.07, 6.45) is 1.70. The summed E-state index contributed by atoms with van der Waals surface area (Å²) in [5.41, 5.74) is 1.41. The van der Waals surface area contributed by atoms with E-state index in [0.29, 0.717) is 31.1 Å². The Labute approximate surface area is 122 Å². The fourth-order valence-electron chi connectivity index (χ4n) is 1.98. The number of hydrogen-bond acceptors (Lipinski definition) is 3. The maximum Gasteiger partial charge on any atom is 0.414 e. The number of rotatable bonds is 6. The van der Waals surface area contributed by atoms with Crippen molar-refractivity contribution in [3.05, 3.63) is 24.3 Å². The fraction of sp³-hybridized carbons (Fsp3) is 0.429. The molecule has 0 atom stereocenters. The Hall–Kier alpha value is -1.75. The third-order valence-corrected chi connectivity index (χ3v) is 3.26. The van der Waals surface area contributed by atoms with Gasteiger partial charge in [-0.3, -0.25) is 9.69 Å². The highest BCUT2D eigenvalue weighted by Crippen LogP contribution is 2.22. The van der Waals surface area contributed by atoms with Gasteiger partial charge in [-0.2, -0.15) is 0 Å². The van der Waals surface area contributed by atoms with Crippen LogP contribution in [0.15, 0.2) is 24.3 Å². The van der Waals surface area contributed by atoms with Crippen molar-refractivity contribution < 1.29 is 14.3 Å². The lowest BCUT2D eigenvalue weighted by molar-refractivity contribution is -0.116. The Morgan fingerprint density at radius 1 is 1.40 bits per heavy atom. The monoisotopic (exact) mass is 296 g/mol. The van der Waals surface area contributed by atoms with Crippen LogP contribution in [0.5, 0.6) is 0 Å². The quantitative estimate of drug-likeness (QED) is 0.648. The number of alkyl halides is 1. The Bertz CT molecular complexity index is 493. The van der Waals surface area contributed by atoms with E-state index < -0.39 is 0 Å². The van der Waals surface area contributed by atoms with Crippen LogP contribution < -0.4 is 10.2 Å². The van der Waals surface area contributed by atoms with Crippen LogP contribution in [0.25, 0.3) is 0 Å². The number of carbonyl (C=O) groups is 2. The summed E-state index contributed by atoms with van der Waals surface area (Å²) in [5.74, 6) is 0.524. The van der Waals surface area contributed by atoms with Crippen molar-refractivity contribution in [2.24, 2.45) is 0 Å². The van der Waals surface area contributed by atoms with Crippen LogP contribution >= 0.6 is 11.6 Å². The van der Waals surface area contributed by atoms with E-state index >= 15 is 0 Å². The lowest BCUT2D eigenvalue weighted by atomic mass is 10.2. The Balaban J connectivity index is 1.95. The van der Waals surface area contributed by atoms with E-state index in [1.807, 2.05) is 6.07 Å². The van der Waals surface area contributed by atoms with Crippen LogP contribution in [0.1, 0.15) is 19.3 Å². The van der Waals surface area contributed by atoms with E-state index in [2.05, 4.69) is 5.32 Å². The Morgan fingerprint density at radius 3 is 2.95 bits per heavy atom. The predicted octanol–water partition coefficient (Wildman–Crippen LogP) is 2.99. The number of hydrogen-bond donors (Lipinski definition) is 1. The van der Waals surface area contributed by atoms with Gasteiger partial charge in [0, 0.05) is 23.7 Å². The molecule has 1 N–H and O–H groups in total. The SMILES string of the molecule is O=C(CCCCCl)Nc1cccc(N2CCOC2=O)c1. The summed E-state index contributed by atoms with van der Waals surface area (Å²) < 4.78 is 4.89. The van der Waals surface area contributed by atoms with Crippen molar-refractivity contribution in [1.29, 1.82) is 0 Å². The minimum absolute atomic E-state index is 0.0451. The average molecular weight is 297 g/mol. The predicted molar refractivity (Wildman–Crippen MR) is 78.3 cm³/mol. The van der Waals surface area contributed by atoms with Crippen molar-refractivity contribution in [2.45, 2.75) is 19.3 Å². The van der Waals surface area contributed by atoms with Crippen LogP contribution in [0.2, 0.25) is 0 Å². The number of nitrogens with zero attached hydrogens (tertiary/aromatic N) is 1. The molecule has 0 aromatic heterocycles. The molecule has 1 aromatic rings. The molecule has 2 rings (SSSR count). The van der Waals surface area contributed by atoms with E-state index in [-0.39, 0.29) is 12.0 Å². The van der Waals surface area contributed by atoms with Crippen molar-refractivity contribution in [2.75, 3.05) is 29.2 Å². The number of halogens is 1. The van der Waals surface area contributed by atoms with Crippen LogP contribution in [0.4, 0.5) is 16.2 Å². The molecule has 0 spiro atoms. The topological polar surface area (TPSA) is 58.6 Å². The Morgan fingerprint density at radius 2 is 2.25 bits per heavy atom. The normalized spacial score (nSPS) is 14.2. The number of benzene rings is 1. The van der Waals surface area contributed by atoms with Crippen LogP contribution in [0.3, 0.4) is 0 Å². The smallest absolute Gasteiger partial charge is 0.414 e. The van der Waals surface area contributed by atoms with Crippen LogP contribution in [0, 0.1) is 0 Å². The summed E-state index contributed by atoms with van der Waals surface area (Å²) in [6.45, 7) is 0.930. The lowest BCUT2D eigenvalue weighted by Gasteiger charge is -2.14. The zero-order chi connectivity index (χ0) is 14.4. The van der Waals surface area contributed by atoms with Gasteiger partial charge in [0.15, 0.2) is 0 Å². The first kappa shape index (κ1) is 14.7. The van der Waals surface area contributed by atoms with Gasteiger partial charge in [-0.15, -0.1) is 11.6 Å². The van der Waals surface area contributed by atoms with Gasteiger partial charge in [-0.1, -0.05) is 6.07 Å². The van der Waals surface area contributed by atoms with Crippen molar-refractivity contribution in [1.82, 2.24) is 0 Å². The fourth-order valence-corrected chi connectivity index (χ4v) is 2.17. The molecule has 1 aliphatic rings. The van der Waals surface area contributed by atoms with Gasteiger partial charge in [-0.05, 0) is 31.0 Å². The lowest BCUT2D eigenvalue weighted by Crippen LogP contribution is -2.23. The van der Waals surface area contributed by atoms with Gasteiger partial charge in [0.25, 0.3) is 0 Å². The molecule has 0 bridgehead atoms. The molecule has 0 unspecified atom stereocenters. The molecule has 6 heteroatoms. The molecule has 1 aliphatic heterocycles. The zero-order valence-corrected chi connectivity index (χ0v) is 11.9. The molecule has 1 heterocycles. The minimum Gasteiger partial charge on any atom is -0.447 e. The van der Waals surface area contributed by atoms with Gasteiger partial charge < -0.3 is 10.1 Å². The van der Waals surface area contributed by atoms with E-state index in [1.54, 1.807) is 23.1 Å². The molecule has 1 aromatic carbocycles. The second-order valence-corrected chi connectivity index (χ2v) is 4.89. The summed E-state index contributed by atoms with van der Waals surface area (Å²) in [4.78, 5) is 24.8. The molecule has 2 amide bonds. The van der Waals surface area contributed by atoms with Gasteiger partial charge >= 0.3 is 6.09 Å². The van der Waals surface area contributed by atoms with Gasteiger partial charge in [-0.25, -0.2) is 4.79 Å². The second kappa shape index (κ2) is 7.14. The van der Waals surface area contributed by atoms with Gasteiger partial charge in [0.1, 0.15) is 6.61 Å². The molecular weight excluding hydrogens is 280 g/mol. The first-order chi connectivity index (χ1) is 9.70. The molecule has 5 nitrogen and oxygen atoms in total. The van der Waals surface area contributed by atoms with E-state index in [9.17, 15) is 9.59 Å². The van der Waals surface area contributed by atoms with Crippen molar-refractivity contribution in [3.8, 4) is 0 Å². The summed E-state index contributed by atoms with van der Waals surface area (Å²) in [7, 11) is 0. The summed E-state index contributed by atoms with van der Waals surface area (Å²) in [6, 6.07) is 7.18. The number of anilines is 2. The van der Waals surface area contributed by atoms with Gasteiger partial charge in [0.05, 0.1) is 6.54 Å². The number of carbonyl (C=O) groups excluding carboxylic acids is 2. The largest absolute Gasteiger partial charge is 0.447 e. The molecular formula is C14H17ClN2O3. The first-order valence-electron chi connectivity index (χ1n) is 6.61. The molecule has 0 radical (unpaired) electrons. The highest BCUT2D eigenvalue weighted by atomic mass is 35.5. The standard InChI is InChI=1S/C14H17ClN2O3/c15-7-2-1-6-13(18)16-11-4-3-5-12(10-11)17-8-9-20-14(17)19/h3-5,10H,1-2,6-9H2,(H,16,18). The zero-order valence-electron chi connectivity index (χ0n) is 11.1. The maximum absolute atomic E-state index is 11.7. The molecule has 1 saturated heterocycles. The number of ether oxygens (including phenoxy) is 1. The third-order valence-electron chi connectivity index (χ3n) is 2.99. The van der Waals surface area contributed by atoms with E-state index in [4.69, 9.17) is 16.3 Å². The van der Waals surface area contributed by atoms with Crippen molar-refractivity contribution in [3.63, 3.8) is 0 Å². The molecule has 0 aliphatic carbocycles. The third kappa shape index (κ3) is 3.87. The van der Waals surface area contributed by atoms with Gasteiger partial charge in [0.2, 0.25) is 5.91 Å². The first-order valence-corrected chi connectivity index (χ1v) is 7.14. The highest BCUT2D eigenvalue weighted by Gasteiger charge is 2.23. The average Bonchev–Trinajstić information content (AvgIpc) is 2.85. The Kier molecular flexibility index (Phi) is 5.24. The number of amides is 2. The van der Waals surface area contributed by atoms with E-state index in [1.165, 1.54) is 0 Å². The summed E-state index contributed by atoms with van der Waals surface area (Å²) in [5, 5.41) is 2.82. The number of nitrogens with one attached hydrogen (secondary N) is 1. The highest BCUT2D eigenvalue weighted by molar-refractivity contribution is 6.17. The van der Waals surface area contributed by atoms with E-state index in [0.717, 1.165) is 18.5 Å². The van der Waals surface area contributed by atoms with Crippen LogP contribution in [-0.2, 0) is 9.53 Å². The summed E-state index contributed by atoms with van der Waals surface area (Å²) >= 11 is 5.57. The molecule has 0 saturated carbocycles. The molecule has 1 fully saturated rings. The van der Waals surface area contributed by atoms with Crippen molar-refractivity contribution >= 4 is 35.0 Å². The second-order valence-electron chi connectivity index (χ2n) is 4.51. The number of unbranched alkanes of at least 4 members (excludes halogenated alkanes) is 1. The maximum atomic E-state index is 11.7. The minimum atomic E-state index is -0.351.